The van der Waals surface area contributed by atoms with E-state index in [0.29, 0.717) is 0 Å². The summed E-state index contributed by atoms with van der Waals surface area (Å²) in [7, 11) is -5.68. The molecule has 0 saturated carbocycles. The molecular weight excluding hydrogens is 1090 g/mol. The first-order valence-electron chi connectivity index (χ1n) is 23.0. The summed E-state index contributed by atoms with van der Waals surface area (Å²) in [4.78, 5) is 66.9. The number of phosphoric ester groups is 1. The molecule has 78 heavy (non-hydrogen) atoms. The smallest absolute Gasteiger partial charge is 0.364 e. The number of aliphatic hydroxyl groups excluding tert-OH is 12. The summed E-state index contributed by atoms with van der Waals surface area (Å²) >= 11 is 0. The van der Waals surface area contributed by atoms with Crippen LogP contribution in [0, 0.1) is 17.8 Å². The summed E-state index contributed by atoms with van der Waals surface area (Å²) < 4.78 is 43.2. The molecule has 0 radical (unpaired) electrons. The van der Waals surface area contributed by atoms with Crippen LogP contribution < -0.4 is 16.3 Å². The molecule has 0 aliphatic carbocycles. The Bertz CT molecular complexity index is 2410. The Labute approximate surface area is 438 Å². The van der Waals surface area contributed by atoms with Gasteiger partial charge in [0.05, 0.1) is 75.1 Å². The summed E-state index contributed by atoms with van der Waals surface area (Å²) in [5, 5.41) is 171. The standard InChI is InChI=1S/C19H29N6O14P.C10H17N3O7.C10H18O8/c1-7-8(26)4-19(17(31)32,38-15(7)12(28)9(27)5-22-24-21)39-40(34,35)36-6-10-13(29)14(30)16(37-10)25-3-2-11(20)23-18(25)33;1-4-5(14)2-10(19,9(17)18)20-8(4)7(16)6(15)3-12-13-11;1-4-5(12)2-10(17,9(15)16)18-8(4)7(14)6(13)3-11/h2-3,7-10,12-16,26-30H,4-6H2,1H3,(H,31,32)(H,34,35)(H2,20,23,33);4-8,14-16,19H,2-3H2,1H3,(H,17,18);4-8,11-14,17H,2-3H2,1H3,(H,15,16)/p-1/t7-,8-,9-,10-,12-,13+,14?,15?,16-,19-;2*4-,5-,6-,7-,8?,10-/m111/s1. The predicted molar refractivity (Wildman–Crippen MR) is 244 cm³/mol. The highest BCUT2D eigenvalue weighted by Crippen LogP contribution is 2.49. The first kappa shape index (κ1) is 67.4. The van der Waals surface area contributed by atoms with Crippen LogP contribution in [0.3, 0.4) is 0 Å². The van der Waals surface area contributed by atoms with Crippen LogP contribution in [0.15, 0.2) is 27.3 Å². The topological polar surface area (TPSA) is 649 Å². The molecule has 5 heterocycles. The SMILES string of the molecule is C[C@H]1C([C@H](O)[C@H](O)CN=[N+]=[N-])O[C@@](O)(C(=O)O)C[C@H]1O.C[C@H]1C([C@H](O)[C@H](O)CN=[N+]=[N-])O[C@](OP(=O)([O-])OC[C@H]2O[C@@H](n3ccc(N)nc3=O)C(O)[C@H]2O)(C(=O)O)C[C@H]1O.C[C@H]1C([C@H](O)[C@H](O)CO)O[C@@](O)(C(=O)O)C[C@H]1O. The first-order valence-corrected chi connectivity index (χ1v) is 24.5. The van der Waals surface area contributed by atoms with Crippen molar-refractivity contribution in [1.82, 2.24) is 9.55 Å². The van der Waals surface area contributed by atoms with Crippen molar-refractivity contribution < 1.29 is 139 Å². The number of azide groups is 2. The number of hydrogen-bond acceptors (Lipinski definition) is 30. The quantitative estimate of drug-likeness (QED) is 0.0250. The van der Waals surface area contributed by atoms with Crippen molar-refractivity contribution in [2.24, 2.45) is 28.0 Å². The fourth-order valence-electron chi connectivity index (χ4n) is 8.16. The van der Waals surface area contributed by atoms with E-state index in [1.165, 1.54) is 26.8 Å². The lowest BCUT2D eigenvalue weighted by molar-refractivity contribution is -0.318. The van der Waals surface area contributed by atoms with Crippen molar-refractivity contribution in [1.29, 1.82) is 0 Å². The summed E-state index contributed by atoms with van der Waals surface area (Å²) in [6.07, 6.45) is -26.0. The molecule has 23 atom stereocenters. The highest BCUT2D eigenvalue weighted by molar-refractivity contribution is 7.46. The minimum atomic E-state index is -5.68. The molecule has 5 rings (SSSR count). The van der Waals surface area contributed by atoms with Gasteiger partial charge in [-0.25, -0.2) is 19.2 Å². The van der Waals surface area contributed by atoms with Crippen molar-refractivity contribution >= 4 is 31.5 Å². The molecule has 444 valence electrons. The number of anilines is 1. The maximum atomic E-state index is 12.6. The van der Waals surface area contributed by atoms with Gasteiger partial charge in [0.15, 0.2) is 6.23 Å². The third-order valence-corrected chi connectivity index (χ3v) is 14.0. The van der Waals surface area contributed by atoms with Crippen molar-refractivity contribution in [3.63, 3.8) is 0 Å². The number of carboxylic acids is 3. The molecule has 39 heteroatoms. The Kier molecular flexibility index (Phi) is 24.2. The van der Waals surface area contributed by atoms with Gasteiger partial charge in [-0.15, -0.1) is 0 Å². The molecule has 1 aromatic rings. The lowest BCUT2D eigenvalue weighted by Crippen LogP contribution is -2.61. The minimum Gasteiger partial charge on any atom is -0.756 e. The number of nitrogens with zero attached hydrogens (tertiary/aromatic N) is 8. The van der Waals surface area contributed by atoms with Crippen molar-refractivity contribution in [3.05, 3.63) is 43.6 Å². The third-order valence-electron chi connectivity index (χ3n) is 13.0. The minimum absolute atomic E-state index is 0.129. The van der Waals surface area contributed by atoms with Crippen molar-refractivity contribution in [2.45, 2.75) is 155 Å². The van der Waals surface area contributed by atoms with Gasteiger partial charge in [-0.1, -0.05) is 31.0 Å². The number of carboxylic acid groups (broad SMARTS) is 3. The number of aliphatic carboxylic acids is 3. The number of nitrogens with two attached hydrogens (primary N) is 1. The Balaban J connectivity index is 0.000000350. The zero-order valence-electron chi connectivity index (χ0n) is 41.2. The number of rotatable bonds is 20. The summed E-state index contributed by atoms with van der Waals surface area (Å²) in [5.41, 5.74) is 21.0. The zero-order valence-corrected chi connectivity index (χ0v) is 42.1. The summed E-state index contributed by atoms with van der Waals surface area (Å²) in [6, 6.07) is 1.21. The van der Waals surface area contributed by atoms with Crippen molar-refractivity contribution in [3.8, 4) is 0 Å². The maximum Gasteiger partial charge on any atom is 0.364 e. The van der Waals surface area contributed by atoms with E-state index in [9.17, 15) is 100 Å². The van der Waals surface area contributed by atoms with Gasteiger partial charge in [-0.2, -0.15) is 4.98 Å². The average Bonchev–Trinajstić information content (AvgIpc) is 3.65. The Morgan fingerprint density at radius 3 is 1.60 bits per heavy atom. The number of ether oxygens (including phenoxy) is 4. The monoisotopic (exact) mass is 1150 g/mol. The molecule has 1 aromatic heterocycles. The molecule has 0 amide bonds. The van der Waals surface area contributed by atoms with Crippen molar-refractivity contribution in [2.75, 3.05) is 32.0 Å². The molecule has 5 unspecified atom stereocenters. The summed E-state index contributed by atoms with van der Waals surface area (Å²) in [6.45, 7) is 1.38. The largest absolute Gasteiger partial charge is 0.756 e. The second-order valence-corrected chi connectivity index (χ2v) is 19.8. The van der Waals surface area contributed by atoms with E-state index in [4.69, 9.17) is 55.6 Å². The number of aromatic nitrogens is 2. The third kappa shape index (κ3) is 16.4. The number of hydrogen-bond donors (Lipinski definition) is 18. The molecule has 4 saturated heterocycles. The van der Waals surface area contributed by atoms with Crippen LogP contribution in [0.2, 0.25) is 0 Å². The van der Waals surface area contributed by atoms with Crippen LogP contribution in [0.4, 0.5) is 5.82 Å². The second-order valence-electron chi connectivity index (χ2n) is 18.5. The molecule has 4 fully saturated rings. The van der Waals surface area contributed by atoms with Gasteiger partial charge < -0.3 is 121 Å². The Morgan fingerprint density at radius 2 is 1.21 bits per heavy atom. The lowest BCUT2D eigenvalue weighted by atomic mass is 9.84. The van der Waals surface area contributed by atoms with Crippen LogP contribution in [0.5, 0.6) is 0 Å². The van der Waals surface area contributed by atoms with E-state index >= 15 is 0 Å². The highest BCUT2D eigenvalue weighted by Gasteiger charge is 2.57. The zero-order chi connectivity index (χ0) is 59.6. The number of phosphoric acid groups is 1. The molecule has 0 spiro atoms. The molecule has 0 bridgehead atoms. The first-order chi connectivity index (χ1) is 36.1. The molecule has 19 N–H and O–H groups in total. The van der Waals surface area contributed by atoms with E-state index in [-0.39, 0.29) is 5.82 Å². The van der Waals surface area contributed by atoms with Gasteiger partial charge >= 0.3 is 23.6 Å². The van der Waals surface area contributed by atoms with E-state index in [0.717, 1.165) is 10.8 Å². The normalized spacial score (nSPS) is 36.8. The average molecular weight is 1150 g/mol. The van der Waals surface area contributed by atoms with Crippen LogP contribution in [-0.2, 0) is 46.9 Å². The Morgan fingerprint density at radius 1 is 0.782 bits per heavy atom. The predicted octanol–water partition coefficient (Wildman–Crippen LogP) is -7.62. The Hall–Kier alpha value is -4.90. The molecule has 38 nitrogen and oxygen atoms in total. The van der Waals surface area contributed by atoms with Crippen LogP contribution in [0.1, 0.15) is 46.3 Å². The number of nitrogen functional groups attached to an aromatic ring is 1. The summed E-state index contributed by atoms with van der Waals surface area (Å²) in [5.74, 6) is -16.4. The molecular formula is C39H63N9O29P-. The van der Waals surface area contributed by atoms with E-state index in [2.05, 4.69) is 29.6 Å². The van der Waals surface area contributed by atoms with Gasteiger partial charge in [0.2, 0.25) is 0 Å². The fourth-order valence-corrected chi connectivity index (χ4v) is 9.09. The molecule has 4 aliphatic rings. The van der Waals surface area contributed by atoms with Gasteiger partial charge in [0.1, 0.15) is 48.5 Å². The van der Waals surface area contributed by atoms with E-state index in [1.54, 1.807) is 0 Å². The lowest BCUT2D eigenvalue weighted by Gasteiger charge is -2.46. The van der Waals surface area contributed by atoms with E-state index in [1.807, 2.05) is 0 Å². The van der Waals surface area contributed by atoms with Crippen LogP contribution in [0.25, 0.3) is 20.9 Å². The number of carbonyl (C=O) groups is 3. The van der Waals surface area contributed by atoms with Gasteiger partial charge in [0.25, 0.3) is 25.2 Å². The maximum absolute atomic E-state index is 12.6. The van der Waals surface area contributed by atoms with Gasteiger partial charge in [-0.3, -0.25) is 13.7 Å². The van der Waals surface area contributed by atoms with Crippen LogP contribution in [-0.4, -0.2) is 249 Å². The van der Waals surface area contributed by atoms with Gasteiger partial charge in [0, 0.05) is 53.0 Å². The molecule has 0 aromatic carbocycles. The second kappa shape index (κ2) is 28.0. The van der Waals surface area contributed by atoms with E-state index < -0.39 is 210 Å². The highest BCUT2D eigenvalue weighted by atomic mass is 31.2. The van der Waals surface area contributed by atoms with Gasteiger partial charge in [-0.05, 0) is 17.1 Å². The number of aliphatic hydroxyl groups is 14. The van der Waals surface area contributed by atoms with Crippen LogP contribution >= 0.6 is 7.82 Å². The molecule has 4 aliphatic heterocycles. The fraction of sp³-hybridized carbons (Fsp3) is 0.821.